The van der Waals surface area contributed by atoms with Crippen LogP contribution in [0.4, 0.5) is 11.4 Å². The van der Waals surface area contributed by atoms with Gasteiger partial charge in [-0.2, -0.15) is 4.31 Å². The Morgan fingerprint density at radius 1 is 1.06 bits per heavy atom. The van der Waals surface area contributed by atoms with Gasteiger partial charge in [-0.25, -0.2) is 8.42 Å². The van der Waals surface area contributed by atoms with Gasteiger partial charge in [-0.3, -0.25) is 9.59 Å². The van der Waals surface area contributed by atoms with Crippen LogP contribution in [0.2, 0.25) is 5.02 Å². The molecule has 1 saturated heterocycles. The van der Waals surface area contributed by atoms with E-state index in [1.165, 1.54) is 17.4 Å². The quantitative estimate of drug-likeness (QED) is 0.566. The molecular weight excluding hydrogens is 452 g/mol. The van der Waals surface area contributed by atoms with Crippen molar-refractivity contribution >= 4 is 44.8 Å². The van der Waals surface area contributed by atoms with E-state index < -0.39 is 10.0 Å². The number of carbonyl (C=O) groups excluding carboxylic acids is 2. The molecule has 1 aliphatic heterocycles. The second-order valence-corrected chi connectivity index (χ2v) is 9.96. The third-order valence-corrected chi connectivity index (χ3v) is 7.54. The molecule has 32 heavy (non-hydrogen) atoms. The largest absolute Gasteiger partial charge is 0.376 e. The molecule has 10 heteroatoms. The van der Waals surface area contributed by atoms with Crippen molar-refractivity contribution in [2.24, 2.45) is 0 Å². The standard InChI is InChI=1S/C22H27ClN4O4S/c1-15-6-8-17(32(30,31)27-10-4-3-5-11-27)13-20(15)26-21(28)14-25-16-7-9-18(19(23)12-16)22(29)24-2/h6-9,12-13,25H,3-5,10-11,14H2,1-2H3,(H,24,29)(H,26,28). The van der Waals surface area contributed by atoms with Gasteiger partial charge in [0.25, 0.3) is 5.91 Å². The summed E-state index contributed by atoms with van der Waals surface area (Å²) in [7, 11) is -2.07. The third-order valence-electron chi connectivity index (χ3n) is 5.33. The van der Waals surface area contributed by atoms with E-state index >= 15 is 0 Å². The monoisotopic (exact) mass is 478 g/mol. The molecule has 1 aliphatic rings. The lowest BCUT2D eigenvalue weighted by Gasteiger charge is -2.26. The minimum Gasteiger partial charge on any atom is -0.376 e. The van der Waals surface area contributed by atoms with E-state index in [9.17, 15) is 18.0 Å². The second-order valence-electron chi connectivity index (χ2n) is 7.62. The van der Waals surface area contributed by atoms with Crippen molar-refractivity contribution in [1.82, 2.24) is 9.62 Å². The number of aryl methyl sites for hydroxylation is 1. The zero-order valence-corrected chi connectivity index (χ0v) is 19.6. The Balaban J connectivity index is 1.67. The smallest absolute Gasteiger partial charge is 0.252 e. The maximum absolute atomic E-state index is 12.9. The maximum Gasteiger partial charge on any atom is 0.252 e. The van der Waals surface area contributed by atoms with Crippen LogP contribution in [0.25, 0.3) is 0 Å². The molecule has 0 spiro atoms. The van der Waals surface area contributed by atoms with Crippen molar-refractivity contribution in [1.29, 1.82) is 0 Å². The average molecular weight is 479 g/mol. The molecule has 0 atom stereocenters. The average Bonchev–Trinajstić information content (AvgIpc) is 2.79. The molecule has 2 amide bonds. The molecule has 2 aromatic rings. The molecule has 0 aromatic heterocycles. The van der Waals surface area contributed by atoms with Gasteiger partial charge >= 0.3 is 0 Å². The summed E-state index contributed by atoms with van der Waals surface area (Å²) >= 11 is 6.13. The van der Waals surface area contributed by atoms with E-state index in [0.29, 0.717) is 30.0 Å². The fourth-order valence-corrected chi connectivity index (χ4v) is 5.28. The number of halogens is 1. The molecule has 0 aliphatic carbocycles. The van der Waals surface area contributed by atoms with Gasteiger partial charge in [-0.15, -0.1) is 0 Å². The Hall–Kier alpha value is -2.62. The topological polar surface area (TPSA) is 108 Å². The van der Waals surface area contributed by atoms with Crippen molar-refractivity contribution in [2.45, 2.75) is 31.1 Å². The van der Waals surface area contributed by atoms with E-state index in [-0.39, 0.29) is 28.3 Å². The second kappa shape index (κ2) is 10.3. The van der Waals surface area contributed by atoms with E-state index in [2.05, 4.69) is 16.0 Å². The Morgan fingerprint density at radius 3 is 2.44 bits per heavy atom. The molecule has 8 nitrogen and oxygen atoms in total. The summed E-state index contributed by atoms with van der Waals surface area (Å²) in [5.41, 5.74) is 2.12. The summed E-state index contributed by atoms with van der Waals surface area (Å²) in [6.45, 7) is 2.78. The van der Waals surface area contributed by atoms with Crippen molar-refractivity contribution in [3.05, 3.63) is 52.5 Å². The number of rotatable bonds is 7. The van der Waals surface area contributed by atoms with Crippen LogP contribution in [0.1, 0.15) is 35.2 Å². The third kappa shape index (κ3) is 5.59. The van der Waals surface area contributed by atoms with Crippen LogP contribution in [-0.2, 0) is 14.8 Å². The van der Waals surface area contributed by atoms with Crippen LogP contribution in [0, 0.1) is 6.92 Å². The predicted octanol–water partition coefficient (Wildman–Crippen LogP) is 3.23. The lowest BCUT2D eigenvalue weighted by Crippen LogP contribution is -2.35. The van der Waals surface area contributed by atoms with E-state index in [1.807, 2.05) is 0 Å². The summed E-state index contributed by atoms with van der Waals surface area (Å²) in [6.07, 6.45) is 2.75. The Kier molecular flexibility index (Phi) is 7.76. The number of hydrogen-bond donors (Lipinski definition) is 3. The molecule has 3 N–H and O–H groups in total. The number of nitrogens with zero attached hydrogens (tertiary/aromatic N) is 1. The molecule has 3 rings (SSSR count). The number of sulfonamides is 1. The molecule has 1 heterocycles. The molecule has 0 bridgehead atoms. The minimum atomic E-state index is -3.59. The Bertz CT molecular complexity index is 1110. The number of nitrogens with one attached hydrogen (secondary N) is 3. The summed E-state index contributed by atoms with van der Waals surface area (Å²) < 4.78 is 27.4. The first-order valence-corrected chi connectivity index (χ1v) is 12.2. The Labute approximate surface area is 193 Å². The van der Waals surface area contributed by atoms with Gasteiger partial charge in [0, 0.05) is 31.5 Å². The van der Waals surface area contributed by atoms with Crippen molar-refractivity contribution in [2.75, 3.05) is 37.3 Å². The van der Waals surface area contributed by atoms with Gasteiger partial charge in [-0.1, -0.05) is 24.1 Å². The first-order chi connectivity index (χ1) is 15.2. The van der Waals surface area contributed by atoms with Crippen LogP contribution in [0.3, 0.4) is 0 Å². The molecule has 0 saturated carbocycles. The molecule has 1 fully saturated rings. The van der Waals surface area contributed by atoms with Gasteiger partial charge in [0.05, 0.1) is 22.0 Å². The van der Waals surface area contributed by atoms with Gasteiger partial charge in [-0.05, 0) is 55.7 Å². The highest BCUT2D eigenvalue weighted by Gasteiger charge is 2.26. The van der Waals surface area contributed by atoms with Gasteiger partial charge in [0.1, 0.15) is 0 Å². The SMILES string of the molecule is CNC(=O)c1ccc(NCC(=O)Nc2cc(S(=O)(=O)N3CCCCC3)ccc2C)cc1Cl. The van der Waals surface area contributed by atoms with Crippen LogP contribution in [-0.4, -0.2) is 51.2 Å². The summed E-state index contributed by atoms with van der Waals surface area (Å²) in [5, 5.41) is 8.49. The van der Waals surface area contributed by atoms with Gasteiger partial charge < -0.3 is 16.0 Å². The predicted molar refractivity (Wildman–Crippen MR) is 126 cm³/mol. The highest BCUT2D eigenvalue weighted by Crippen LogP contribution is 2.25. The zero-order valence-electron chi connectivity index (χ0n) is 18.1. The number of amides is 2. The zero-order chi connectivity index (χ0) is 23.3. The van der Waals surface area contributed by atoms with E-state index in [1.54, 1.807) is 37.3 Å². The minimum absolute atomic E-state index is 0.0573. The number of carbonyl (C=O) groups is 2. The highest BCUT2D eigenvalue weighted by atomic mass is 35.5. The fraction of sp³-hybridized carbons (Fsp3) is 0.364. The van der Waals surface area contributed by atoms with Gasteiger partial charge in [0.2, 0.25) is 15.9 Å². The fourth-order valence-electron chi connectivity index (χ4n) is 3.47. The van der Waals surface area contributed by atoms with Crippen LogP contribution < -0.4 is 16.0 Å². The summed E-state index contributed by atoms with van der Waals surface area (Å²) in [6, 6.07) is 9.56. The lowest BCUT2D eigenvalue weighted by atomic mass is 10.2. The molecule has 0 unspecified atom stereocenters. The van der Waals surface area contributed by atoms with Crippen molar-refractivity contribution in [3.63, 3.8) is 0 Å². The van der Waals surface area contributed by atoms with Crippen LogP contribution >= 0.6 is 11.6 Å². The number of piperidine rings is 1. The lowest BCUT2D eigenvalue weighted by molar-refractivity contribution is -0.114. The van der Waals surface area contributed by atoms with Gasteiger partial charge in [0.15, 0.2) is 0 Å². The summed E-state index contributed by atoms with van der Waals surface area (Å²) in [5.74, 6) is -0.638. The highest BCUT2D eigenvalue weighted by molar-refractivity contribution is 7.89. The van der Waals surface area contributed by atoms with Crippen LogP contribution in [0.5, 0.6) is 0 Å². The van der Waals surface area contributed by atoms with Crippen molar-refractivity contribution < 1.29 is 18.0 Å². The first-order valence-electron chi connectivity index (χ1n) is 10.4. The molecule has 172 valence electrons. The van der Waals surface area contributed by atoms with E-state index in [0.717, 1.165) is 24.8 Å². The Morgan fingerprint density at radius 2 is 1.78 bits per heavy atom. The van der Waals surface area contributed by atoms with Crippen LogP contribution in [0.15, 0.2) is 41.3 Å². The molecule has 0 radical (unpaired) electrons. The number of anilines is 2. The molecule has 2 aromatic carbocycles. The van der Waals surface area contributed by atoms with Crippen molar-refractivity contribution in [3.8, 4) is 0 Å². The first kappa shape index (κ1) is 24.0. The normalized spacial score (nSPS) is 14.6. The summed E-state index contributed by atoms with van der Waals surface area (Å²) in [4.78, 5) is 24.4. The number of hydrogen-bond acceptors (Lipinski definition) is 5. The maximum atomic E-state index is 12.9. The molecular formula is C22H27ClN4O4S. The van der Waals surface area contributed by atoms with E-state index in [4.69, 9.17) is 11.6 Å². The number of benzene rings is 2.